The van der Waals surface area contributed by atoms with E-state index in [1.165, 1.54) is 5.56 Å². The molecule has 2 aromatic carbocycles. The Labute approximate surface area is 186 Å². The van der Waals surface area contributed by atoms with Crippen molar-refractivity contribution in [2.75, 3.05) is 0 Å². The highest BCUT2D eigenvalue weighted by Gasteiger charge is 2.41. The van der Waals surface area contributed by atoms with Crippen LogP contribution in [0.3, 0.4) is 0 Å². The number of phenols is 1. The van der Waals surface area contributed by atoms with Crippen molar-refractivity contribution < 1.29 is 5.11 Å². The van der Waals surface area contributed by atoms with Gasteiger partial charge >= 0.3 is 0 Å². The number of hydrogen-bond acceptors (Lipinski definition) is 3. The molecule has 0 bridgehead atoms. The molecule has 6 heteroatoms. The van der Waals surface area contributed by atoms with Gasteiger partial charge in [-0.3, -0.25) is 4.98 Å². The maximum Gasteiger partial charge on any atom is 0.170 e. The first-order valence-corrected chi connectivity index (χ1v) is 10.6. The van der Waals surface area contributed by atoms with Gasteiger partial charge in [0.25, 0.3) is 0 Å². The quantitative estimate of drug-likeness (QED) is 0.451. The highest BCUT2D eigenvalue weighted by Crippen LogP contribution is 2.40. The van der Waals surface area contributed by atoms with Crippen LogP contribution in [-0.4, -0.2) is 24.7 Å². The fourth-order valence-corrected chi connectivity index (χ4v) is 4.47. The molecule has 2 aromatic heterocycles. The molecule has 5 nitrogen and oxygen atoms in total. The Morgan fingerprint density at radius 1 is 0.903 bits per heavy atom. The lowest BCUT2D eigenvalue weighted by atomic mass is 10.0. The van der Waals surface area contributed by atoms with Crippen LogP contribution in [-0.2, 0) is 6.54 Å². The van der Waals surface area contributed by atoms with Gasteiger partial charge in [-0.25, -0.2) is 0 Å². The Bertz CT molecular complexity index is 1180. The minimum atomic E-state index is -0.0804. The molecular weight excluding hydrogens is 404 g/mol. The number of nitrogens with one attached hydrogen (secondary N) is 1. The number of pyridine rings is 1. The summed E-state index contributed by atoms with van der Waals surface area (Å²) in [6.07, 6.45) is 3.86. The topological polar surface area (TPSA) is 53.3 Å². The Balaban J connectivity index is 1.60. The first-order chi connectivity index (χ1) is 15.2. The van der Waals surface area contributed by atoms with Gasteiger partial charge in [-0.05, 0) is 66.3 Å². The molecule has 0 saturated carbocycles. The predicted octanol–water partition coefficient (Wildman–Crippen LogP) is 4.75. The Morgan fingerprint density at radius 3 is 2.42 bits per heavy atom. The van der Waals surface area contributed by atoms with Crippen LogP contribution >= 0.6 is 12.2 Å². The van der Waals surface area contributed by atoms with Crippen LogP contribution in [0, 0.1) is 0 Å². The van der Waals surface area contributed by atoms with Gasteiger partial charge in [-0.1, -0.05) is 36.4 Å². The number of aromatic hydroxyl groups is 1. The van der Waals surface area contributed by atoms with Gasteiger partial charge in [0.05, 0.1) is 17.8 Å². The molecule has 1 saturated heterocycles. The third-order valence-corrected chi connectivity index (χ3v) is 5.96. The lowest BCUT2D eigenvalue weighted by Gasteiger charge is -2.29. The minimum Gasteiger partial charge on any atom is -0.508 e. The number of rotatable bonds is 5. The van der Waals surface area contributed by atoms with Gasteiger partial charge in [0.2, 0.25) is 0 Å². The summed E-state index contributed by atoms with van der Waals surface area (Å²) in [7, 11) is 0. The number of aromatic nitrogens is 2. The van der Waals surface area contributed by atoms with Crippen molar-refractivity contribution in [2.45, 2.75) is 18.6 Å². The molecular formula is C25H22N4OS. The van der Waals surface area contributed by atoms with E-state index in [2.05, 4.69) is 38.0 Å². The Kier molecular flexibility index (Phi) is 5.14. The van der Waals surface area contributed by atoms with Gasteiger partial charge in [0.15, 0.2) is 5.11 Å². The van der Waals surface area contributed by atoms with Gasteiger partial charge in [0, 0.05) is 30.3 Å². The first-order valence-electron chi connectivity index (χ1n) is 10.2. The summed E-state index contributed by atoms with van der Waals surface area (Å²) in [6, 6.07) is 27.6. The van der Waals surface area contributed by atoms with Gasteiger partial charge in [-0.2, -0.15) is 0 Å². The molecule has 154 valence electrons. The molecule has 2 N–H and O–H groups in total. The van der Waals surface area contributed by atoms with Crippen molar-refractivity contribution in [3.05, 3.63) is 114 Å². The average molecular weight is 427 g/mol. The highest BCUT2D eigenvalue weighted by atomic mass is 32.1. The minimum absolute atomic E-state index is 0.0496. The molecule has 1 fully saturated rings. The van der Waals surface area contributed by atoms with Gasteiger partial charge < -0.3 is 19.9 Å². The lowest BCUT2D eigenvalue weighted by Crippen LogP contribution is -2.30. The van der Waals surface area contributed by atoms with Gasteiger partial charge in [0.1, 0.15) is 5.75 Å². The first kappa shape index (κ1) is 19.3. The van der Waals surface area contributed by atoms with Crippen LogP contribution in [0.4, 0.5) is 0 Å². The van der Waals surface area contributed by atoms with E-state index in [1.54, 1.807) is 12.1 Å². The summed E-state index contributed by atoms with van der Waals surface area (Å²) in [5.74, 6) is 0.248. The molecule has 0 amide bonds. The number of thiocarbonyl (C=S) groups is 1. The van der Waals surface area contributed by atoms with E-state index in [0.717, 1.165) is 17.1 Å². The molecule has 0 radical (unpaired) electrons. The average Bonchev–Trinajstić information content (AvgIpc) is 3.40. The summed E-state index contributed by atoms with van der Waals surface area (Å²) in [6.45, 7) is 0.696. The van der Waals surface area contributed by atoms with Crippen molar-refractivity contribution in [1.82, 2.24) is 19.8 Å². The number of hydrogen-bond donors (Lipinski definition) is 2. The van der Waals surface area contributed by atoms with E-state index in [1.807, 2.05) is 67.0 Å². The van der Waals surface area contributed by atoms with E-state index in [4.69, 9.17) is 12.2 Å². The Hall–Kier alpha value is -3.64. The van der Waals surface area contributed by atoms with Crippen molar-refractivity contribution >= 4 is 17.3 Å². The van der Waals surface area contributed by atoms with Crippen LogP contribution in [0.1, 0.15) is 29.0 Å². The molecule has 2 unspecified atom stereocenters. The maximum absolute atomic E-state index is 9.71. The second-order valence-electron chi connectivity index (χ2n) is 7.56. The van der Waals surface area contributed by atoms with E-state index >= 15 is 0 Å². The molecule has 0 aliphatic carbocycles. The highest BCUT2D eigenvalue weighted by molar-refractivity contribution is 7.80. The number of nitrogens with zero attached hydrogens (tertiary/aromatic N) is 3. The van der Waals surface area contributed by atoms with Crippen LogP contribution in [0.2, 0.25) is 0 Å². The fourth-order valence-electron chi connectivity index (χ4n) is 4.16. The smallest absolute Gasteiger partial charge is 0.170 e. The van der Waals surface area contributed by atoms with E-state index < -0.39 is 0 Å². The van der Waals surface area contributed by atoms with Crippen molar-refractivity contribution in [3.63, 3.8) is 0 Å². The monoisotopic (exact) mass is 426 g/mol. The zero-order chi connectivity index (χ0) is 21.2. The fraction of sp³-hybridized carbons (Fsp3) is 0.120. The second kappa shape index (κ2) is 8.24. The maximum atomic E-state index is 9.71. The van der Waals surface area contributed by atoms with E-state index in [9.17, 15) is 5.11 Å². The standard InChI is InChI=1S/C25H22N4OS/c30-20-13-11-19(12-14-20)28-16-6-10-22(28)24-23(21-9-4-5-15-26-21)27-25(31)29(24)17-18-7-2-1-3-8-18/h1-16,23-24,30H,17H2,(H,27,31). The summed E-state index contributed by atoms with van der Waals surface area (Å²) in [5, 5.41) is 13.9. The SMILES string of the molecule is Oc1ccc(-n2cccc2C2C(c3ccccn3)NC(=S)N2Cc2ccccc2)cc1. The van der Waals surface area contributed by atoms with Gasteiger partial charge in [-0.15, -0.1) is 0 Å². The second-order valence-corrected chi connectivity index (χ2v) is 7.95. The number of benzene rings is 2. The summed E-state index contributed by atoms with van der Waals surface area (Å²) >= 11 is 5.79. The molecule has 4 aromatic rings. The number of phenolic OH excluding ortho intramolecular Hbond substituents is 1. The van der Waals surface area contributed by atoms with Crippen molar-refractivity contribution in [3.8, 4) is 11.4 Å². The largest absolute Gasteiger partial charge is 0.508 e. The van der Waals surface area contributed by atoms with Crippen LogP contribution < -0.4 is 5.32 Å². The summed E-state index contributed by atoms with van der Waals surface area (Å²) in [4.78, 5) is 6.85. The molecule has 1 aliphatic heterocycles. The molecule has 0 spiro atoms. The third-order valence-electron chi connectivity index (χ3n) is 5.60. The summed E-state index contributed by atoms with van der Waals surface area (Å²) < 4.78 is 2.15. The van der Waals surface area contributed by atoms with Crippen LogP contribution in [0.5, 0.6) is 5.75 Å². The predicted molar refractivity (Wildman–Crippen MR) is 125 cm³/mol. The Morgan fingerprint density at radius 2 is 1.68 bits per heavy atom. The molecule has 1 aliphatic rings. The van der Waals surface area contributed by atoms with Crippen LogP contribution in [0.15, 0.2) is 97.3 Å². The molecule has 5 rings (SSSR count). The lowest BCUT2D eigenvalue weighted by molar-refractivity contribution is 0.302. The molecule has 3 heterocycles. The molecule has 2 atom stereocenters. The summed E-state index contributed by atoms with van der Waals surface area (Å²) in [5.41, 5.74) is 4.23. The van der Waals surface area contributed by atoms with Crippen molar-refractivity contribution in [1.29, 1.82) is 0 Å². The zero-order valence-corrected chi connectivity index (χ0v) is 17.6. The van der Waals surface area contributed by atoms with E-state index in [0.29, 0.717) is 11.7 Å². The van der Waals surface area contributed by atoms with Crippen LogP contribution in [0.25, 0.3) is 5.69 Å². The normalized spacial score (nSPS) is 18.2. The van der Waals surface area contributed by atoms with E-state index in [-0.39, 0.29) is 17.8 Å². The molecule has 31 heavy (non-hydrogen) atoms. The zero-order valence-electron chi connectivity index (χ0n) is 16.8. The third kappa shape index (κ3) is 3.78. The van der Waals surface area contributed by atoms with Crippen molar-refractivity contribution in [2.24, 2.45) is 0 Å².